The Morgan fingerprint density at radius 2 is 1.82 bits per heavy atom. The van der Waals surface area contributed by atoms with E-state index in [9.17, 15) is 0 Å². The quantitative estimate of drug-likeness (QED) is 0.461. The van der Waals surface area contributed by atoms with E-state index in [1.54, 1.807) is 11.1 Å². The van der Waals surface area contributed by atoms with Crippen molar-refractivity contribution in [2.24, 2.45) is 28.6 Å². The highest BCUT2D eigenvalue weighted by molar-refractivity contribution is 5.80. The molecule has 1 heterocycles. The number of ether oxygens (including phenoxy) is 1. The van der Waals surface area contributed by atoms with Crippen molar-refractivity contribution in [3.8, 4) is 0 Å². The third kappa shape index (κ3) is 3.46. The molecule has 3 saturated carbocycles. The second-order valence-corrected chi connectivity index (χ2v) is 13.4. The Kier molecular flexibility index (Phi) is 4.98. The molecular formula is C31H43NO. The fourth-order valence-electron chi connectivity index (χ4n) is 9.06. The number of hydrogen-bond acceptors (Lipinski definition) is 1. The van der Waals surface area contributed by atoms with E-state index in [-0.39, 0.29) is 5.60 Å². The van der Waals surface area contributed by atoms with Crippen LogP contribution in [0.5, 0.6) is 0 Å². The molecule has 0 unspecified atom stereocenters. The molecule has 1 N–H and O–H groups in total. The van der Waals surface area contributed by atoms with Crippen molar-refractivity contribution < 1.29 is 4.74 Å². The summed E-state index contributed by atoms with van der Waals surface area (Å²) in [7, 11) is 0. The first-order chi connectivity index (χ1) is 15.7. The molecule has 1 aromatic heterocycles. The number of hydrogen-bond donors (Lipinski definition) is 1. The van der Waals surface area contributed by atoms with E-state index in [2.05, 4.69) is 76.1 Å². The van der Waals surface area contributed by atoms with Crippen LogP contribution in [0, 0.1) is 28.6 Å². The van der Waals surface area contributed by atoms with E-state index in [0.717, 1.165) is 30.1 Å². The molecule has 1 aromatic carbocycles. The van der Waals surface area contributed by atoms with Gasteiger partial charge >= 0.3 is 0 Å². The molecule has 4 aliphatic carbocycles. The minimum Gasteiger partial charge on any atom is -0.372 e. The van der Waals surface area contributed by atoms with Gasteiger partial charge in [-0.25, -0.2) is 0 Å². The van der Waals surface area contributed by atoms with Crippen molar-refractivity contribution in [1.29, 1.82) is 0 Å². The van der Waals surface area contributed by atoms with Crippen LogP contribution in [-0.4, -0.2) is 16.7 Å². The number of allylic oxidation sites excluding steroid dienone is 1. The molecule has 3 fully saturated rings. The molecule has 0 radical (unpaired) electrons. The third-order valence-corrected chi connectivity index (χ3v) is 10.6. The Bertz CT molecular complexity index is 1070. The maximum Gasteiger partial charge on any atom is 0.0619 e. The number of H-pyrrole nitrogens is 1. The van der Waals surface area contributed by atoms with Crippen LogP contribution >= 0.6 is 0 Å². The van der Waals surface area contributed by atoms with Gasteiger partial charge in [0.25, 0.3) is 0 Å². The molecule has 33 heavy (non-hydrogen) atoms. The maximum absolute atomic E-state index is 6.44. The highest BCUT2D eigenvalue weighted by atomic mass is 16.5. The predicted octanol–water partition coefficient (Wildman–Crippen LogP) is 8.40. The summed E-state index contributed by atoms with van der Waals surface area (Å²) in [4.78, 5) is 3.37. The van der Waals surface area contributed by atoms with Gasteiger partial charge in [0.05, 0.1) is 11.7 Å². The molecule has 0 amide bonds. The van der Waals surface area contributed by atoms with Gasteiger partial charge in [-0.3, -0.25) is 0 Å². The fourth-order valence-corrected chi connectivity index (χ4v) is 9.06. The zero-order valence-electron chi connectivity index (χ0n) is 21.4. The van der Waals surface area contributed by atoms with Gasteiger partial charge in [0.1, 0.15) is 0 Å². The lowest BCUT2D eigenvalue weighted by Gasteiger charge is -2.58. The molecule has 0 aliphatic heterocycles. The van der Waals surface area contributed by atoms with E-state index in [0.29, 0.717) is 16.9 Å². The van der Waals surface area contributed by atoms with Crippen LogP contribution < -0.4 is 0 Å². The van der Waals surface area contributed by atoms with E-state index < -0.39 is 0 Å². The van der Waals surface area contributed by atoms with Gasteiger partial charge in [-0.05, 0) is 136 Å². The van der Waals surface area contributed by atoms with Crippen molar-refractivity contribution in [3.63, 3.8) is 0 Å². The first kappa shape index (κ1) is 22.0. The summed E-state index contributed by atoms with van der Waals surface area (Å²) in [6, 6.07) is 9.44. The van der Waals surface area contributed by atoms with Crippen molar-refractivity contribution in [2.75, 3.05) is 0 Å². The zero-order chi connectivity index (χ0) is 23.0. The molecule has 2 aromatic rings. The van der Waals surface area contributed by atoms with E-state index in [4.69, 9.17) is 4.74 Å². The largest absolute Gasteiger partial charge is 0.372 e. The Labute approximate surface area is 200 Å². The average molecular weight is 446 g/mol. The van der Waals surface area contributed by atoms with Gasteiger partial charge in [0, 0.05) is 11.7 Å². The molecule has 2 heteroatoms. The topological polar surface area (TPSA) is 25.0 Å². The highest BCUT2D eigenvalue weighted by Gasteiger charge is 2.58. The predicted molar refractivity (Wildman–Crippen MR) is 137 cm³/mol. The van der Waals surface area contributed by atoms with Crippen LogP contribution in [0.2, 0.25) is 0 Å². The molecule has 6 rings (SSSR count). The van der Waals surface area contributed by atoms with Crippen molar-refractivity contribution in [3.05, 3.63) is 47.7 Å². The van der Waals surface area contributed by atoms with Crippen LogP contribution in [0.15, 0.2) is 42.1 Å². The number of benzene rings is 1. The Balaban J connectivity index is 1.26. The van der Waals surface area contributed by atoms with Crippen LogP contribution in [0.4, 0.5) is 0 Å². The lowest BCUT2D eigenvalue weighted by atomic mass is 9.47. The number of nitrogens with one attached hydrogen (secondary N) is 1. The van der Waals surface area contributed by atoms with Crippen LogP contribution in [0.25, 0.3) is 10.9 Å². The summed E-state index contributed by atoms with van der Waals surface area (Å²) in [5, 5.41) is 1.38. The first-order valence-corrected chi connectivity index (χ1v) is 13.6. The van der Waals surface area contributed by atoms with Crippen molar-refractivity contribution >= 4 is 10.9 Å². The van der Waals surface area contributed by atoms with Gasteiger partial charge in [-0.15, -0.1) is 0 Å². The van der Waals surface area contributed by atoms with Crippen molar-refractivity contribution in [1.82, 2.24) is 4.98 Å². The number of aromatic nitrogens is 1. The molecule has 0 spiro atoms. The summed E-state index contributed by atoms with van der Waals surface area (Å²) < 4.78 is 6.44. The zero-order valence-corrected chi connectivity index (χ0v) is 21.4. The molecule has 178 valence electrons. The molecule has 0 saturated heterocycles. The fraction of sp³-hybridized carbons (Fsp3) is 0.677. The maximum atomic E-state index is 6.44. The third-order valence-electron chi connectivity index (χ3n) is 10.6. The summed E-state index contributed by atoms with van der Waals surface area (Å²) in [5.41, 5.74) is 5.42. The summed E-state index contributed by atoms with van der Waals surface area (Å²) in [5.74, 6) is 3.34. The lowest BCUT2D eigenvalue weighted by molar-refractivity contribution is -0.0922. The molecule has 4 aliphatic rings. The van der Waals surface area contributed by atoms with Gasteiger partial charge < -0.3 is 9.72 Å². The molecule has 2 nitrogen and oxygen atoms in total. The van der Waals surface area contributed by atoms with Gasteiger partial charge in [0.2, 0.25) is 0 Å². The average Bonchev–Trinajstić information content (AvgIpc) is 3.36. The van der Waals surface area contributed by atoms with Crippen LogP contribution in [0.3, 0.4) is 0 Å². The smallest absolute Gasteiger partial charge is 0.0619 e. The van der Waals surface area contributed by atoms with E-state index in [1.807, 2.05) is 0 Å². The molecular weight excluding hydrogens is 402 g/mol. The van der Waals surface area contributed by atoms with Gasteiger partial charge in [0.15, 0.2) is 0 Å². The van der Waals surface area contributed by atoms with Crippen LogP contribution in [-0.2, 0) is 4.74 Å². The Morgan fingerprint density at radius 1 is 0.970 bits per heavy atom. The summed E-state index contributed by atoms with van der Waals surface area (Å²) in [6.45, 7) is 11.9. The summed E-state index contributed by atoms with van der Waals surface area (Å²) >= 11 is 0. The van der Waals surface area contributed by atoms with Gasteiger partial charge in [-0.2, -0.15) is 0 Å². The number of rotatable bonds is 2. The number of fused-ring (bicyclic) bond motifs is 6. The van der Waals surface area contributed by atoms with Gasteiger partial charge in [-0.1, -0.05) is 31.6 Å². The minimum absolute atomic E-state index is 0.0366. The van der Waals surface area contributed by atoms with Crippen molar-refractivity contribution in [2.45, 2.75) is 104 Å². The summed E-state index contributed by atoms with van der Waals surface area (Å²) in [6.07, 6.45) is 15.8. The molecule has 7 atom stereocenters. The SMILES string of the molecule is CC(C)(C)O[C@@H]1CC[C@@]2(C)C(=CC[C@H]3[C@@H]4CC[C@H](c5ccc6[nH]ccc6c5)[C@@]4(C)CC[C@@H]32)C1. The monoisotopic (exact) mass is 445 g/mol. The highest BCUT2D eigenvalue weighted by Crippen LogP contribution is 2.68. The Morgan fingerprint density at radius 3 is 2.64 bits per heavy atom. The second kappa shape index (κ2) is 7.48. The standard InChI is InChI=1S/C31H43NO/c1-29(2,3)33-23-12-15-30(4)22(19-23)7-8-24-26-10-9-25(31(26,5)16-13-27(24)30)20-6-11-28-21(18-20)14-17-32-28/h6-7,11,14,17-18,23-27,32H,8-10,12-13,15-16,19H2,1-5H3/t23-,24+,25-,26+,27+,30+,31-/m1/s1. The first-order valence-electron chi connectivity index (χ1n) is 13.6. The lowest BCUT2D eigenvalue weighted by Crippen LogP contribution is -2.50. The molecule has 0 bridgehead atoms. The second-order valence-electron chi connectivity index (χ2n) is 13.4. The Hall–Kier alpha value is -1.54. The van der Waals surface area contributed by atoms with E-state index >= 15 is 0 Å². The van der Waals surface area contributed by atoms with Crippen LogP contribution in [0.1, 0.15) is 97.5 Å². The number of aromatic amines is 1. The van der Waals surface area contributed by atoms with E-state index in [1.165, 1.54) is 55.8 Å². The minimum atomic E-state index is -0.0366. The normalized spacial score (nSPS) is 40.8.